The molecule has 1 aliphatic heterocycles. The molecule has 0 aromatic rings. The summed E-state index contributed by atoms with van der Waals surface area (Å²) < 4.78 is 0. The molecule has 1 aliphatic carbocycles. The molecule has 86 valence electrons. The van der Waals surface area contributed by atoms with Gasteiger partial charge in [0.1, 0.15) is 0 Å². The van der Waals surface area contributed by atoms with Crippen LogP contribution in [0.1, 0.15) is 39.0 Å². The molecule has 1 N–H and O–H groups in total. The zero-order valence-electron chi connectivity index (χ0n) is 9.83. The van der Waals surface area contributed by atoms with Crippen LogP contribution >= 0.6 is 0 Å². The van der Waals surface area contributed by atoms with Crippen molar-refractivity contribution in [2.24, 2.45) is 5.92 Å². The molecule has 1 heterocycles. The van der Waals surface area contributed by atoms with Crippen LogP contribution in [0.5, 0.6) is 0 Å². The highest BCUT2D eigenvalue weighted by Crippen LogP contribution is 2.31. The van der Waals surface area contributed by atoms with Gasteiger partial charge in [0.25, 0.3) is 0 Å². The molecule has 2 unspecified atom stereocenters. The van der Waals surface area contributed by atoms with Crippen molar-refractivity contribution >= 4 is 5.91 Å². The molecule has 2 fully saturated rings. The Labute approximate surface area is 92.2 Å². The number of hydrogen-bond donors (Lipinski definition) is 1. The number of carbonyl (C=O) groups excluding carboxylic acids is 1. The van der Waals surface area contributed by atoms with Crippen LogP contribution in [0.3, 0.4) is 0 Å². The lowest BCUT2D eigenvalue weighted by atomic mass is 9.98. The Hall–Kier alpha value is -0.570. The van der Waals surface area contributed by atoms with Crippen LogP contribution in [0.25, 0.3) is 0 Å². The second-order valence-electron chi connectivity index (χ2n) is 4.95. The van der Waals surface area contributed by atoms with E-state index in [1.165, 1.54) is 25.7 Å². The first-order valence-corrected chi connectivity index (χ1v) is 6.21. The molecule has 1 amide bonds. The molecule has 3 nitrogen and oxygen atoms in total. The molecule has 2 rings (SSSR count). The van der Waals surface area contributed by atoms with Gasteiger partial charge in [-0.25, -0.2) is 0 Å². The minimum Gasteiger partial charge on any atom is -0.338 e. The fourth-order valence-electron chi connectivity index (χ4n) is 3.07. The highest BCUT2D eigenvalue weighted by Gasteiger charge is 2.36. The fraction of sp³-hybridized carbons (Fsp3) is 0.917. The van der Waals surface area contributed by atoms with Crippen LogP contribution in [0.4, 0.5) is 0 Å². The molecular weight excluding hydrogens is 188 g/mol. The van der Waals surface area contributed by atoms with E-state index in [2.05, 4.69) is 17.1 Å². The quantitative estimate of drug-likeness (QED) is 0.763. The van der Waals surface area contributed by atoms with Crippen molar-refractivity contribution in [3.05, 3.63) is 0 Å². The SMILES string of the molecule is CNC1CCN(C(C)C2CCCC2)C1=O. The first kappa shape index (κ1) is 10.9. The molecule has 2 atom stereocenters. The summed E-state index contributed by atoms with van der Waals surface area (Å²) in [6.07, 6.45) is 6.32. The van der Waals surface area contributed by atoms with Gasteiger partial charge in [-0.1, -0.05) is 12.8 Å². The van der Waals surface area contributed by atoms with Gasteiger partial charge in [0.05, 0.1) is 6.04 Å². The number of hydrogen-bond acceptors (Lipinski definition) is 2. The van der Waals surface area contributed by atoms with E-state index in [4.69, 9.17) is 0 Å². The molecular formula is C12H22N2O. The molecule has 0 aromatic heterocycles. The topological polar surface area (TPSA) is 32.3 Å². The predicted molar refractivity (Wildman–Crippen MR) is 60.6 cm³/mol. The summed E-state index contributed by atoms with van der Waals surface area (Å²) in [5.41, 5.74) is 0. The van der Waals surface area contributed by atoms with E-state index in [9.17, 15) is 4.79 Å². The van der Waals surface area contributed by atoms with Gasteiger partial charge >= 0.3 is 0 Å². The first-order valence-electron chi connectivity index (χ1n) is 6.21. The van der Waals surface area contributed by atoms with Gasteiger partial charge < -0.3 is 10.2 Å². The average Bonchev–Trinajstić information content (AvgIpc) is 2.85. The lowest BCUT2D eigenvalue weighted by Gasteiger charge is -2.29. The number of carbonyl (C=O) groups is 1. The second-order valence-corrected chi connectivity index (χ2v) is 4.95. The molecule has 0 spiro atoms. The van der Waals surface area contributed by atoms with Crippen LogP contribution in [-0.2, 0) is 4.79 Å². The molecule has 0 aromatic carbocycles. The van der Waals surface area contributed by atoms with Crippen molar-refractivity contribution in [1.82, 2.24) is 10.2 Å². The number of likely N-dealkylation sites (N-methyl/N-ethyl adjacent to an activating group) is 1. The van der Waals surface area contributed by atoms with Crippen molar-refractivity contribution in [1.29, 1.82) is 0 Å². The van der Waals surface area contributed by atoms with E-state index in [1.807, 2.05) is 7.05 Å². The minimum atomic E-state index is 0.0776. The molecule has 3 heteroatoms. The Kier molecular flexibility index (Phi) is 3.29. The van der Waals surface area contributed by atoms with E-state index in [-0.39, 0.29) is 6.04 Å². The van der Waals surface area contributed by atoms with Crippen LogP contribution in [0.2, 0.25) is 0 Å². The minimum absolute atomic E-state index is 0.0776. The summed E-state index contributed by atoms with van der Waals surface area (Å²) in [4.78, 5) is 14.1. The van der Waals surface area contributed by atoms with Gasteiger partial charge in [0, 0.05) is 12.6 Å². The number of rotatable bonds is 3. The third-order valence-electron chi connectivity index (χ3n) is 4.16. The summed E-state index contributed by atoms with van der Waals surface area (Å²) in [5, 5.41) is 3.10. The van der Waals surface area contributed by atoms with Crippen LogP contribution in [-0.4, -0.2) is 36.5 Å². The highest BCUT2D eigenvalue weighted by atomic mass is 16.2. The Morgan fingerprint density at radius 3 is 2.53 bits per heavy atom. The highest BCUT2D eigenvalue weighted by molar-refractivity contribution is 5.84. The molecule has 1 saturated carbocycles. The van der Waals surface area contributed by atoms with Crippen molar-refractivity contribution in [2.75, 3.05) is 13.6 Å². The fourth-order valence-corrected chi connectivity index (χ4v) is 3.07. The summed E-state index contributed by atoms with van der Waals surface area (Å²) in [6, 6.07) is 0.534. The summed E-state index contributed by atoms with van der Waals surface area (Å²) in [6.45, 7) is 3.17. The third-order valence-corrected chi connectivity index (χ3v) is 4.16. The zero-order chi connectivity index (χ0) is 10.8. The normalized spacial score (nSPS) is 30.1. The van der Waals surface area contributed by atoms with Crippen molar-refractivity contribution in [3.63, 3.8) is 0 Å². The molecule has 2 aliphatic rings. The van der Waals surface area contributed by atoms with Gasteiger partial charge in [0.2, 0.25) is 5.91 Å². The van der Waals surface area contributed by atoms with E-state index >= 15 is 0 Å². The number of amides is 1. The van der Waals surface area contributed by atoms with Gasteiger partial charge in [0.15, 0.2) is 0 Å². The maximum atomic E-state index is 12.0. The molecule has 0 bridgehead atoms. The van der Waals surface area contributed by atoms with Gasteiger partial charge in [-0.15, -0.1) is 0 Å². The monoisotopic (exact) mass is 210 g/mol. The van der Waals surface area contributed by atoms with E-state index in [0.717, 1.165) is 18.9 Å². The Morgan fingerprint density at radius 1 is 1.33 bits per heavy atom. The Morgan fingerprint density at radius 2 is 2.00 bits per heavy atom. The van der Waals surface area contributed by atoms with Crippen LogP contribution < -0.4 is 5.32 Å². The number of nitrogens with one attached hydrogen (secondary N) is 1. The van der Waals surface area contributed by atoms with Crippen LogP contribution in [0, 0.1) is 5.92 Å². The first-order chi connectivity index (χ1) is 7.24. The van der Waals surface area contributed by atoms with E-state index in [0.29, 0.717) is 11.9 Å². The molecule has 0 radical (unpaired) electrons. The zero-order valence-corrected chi connectivity index (χ0v) is 9.83. The van der Waals surface area contributed by atoms with E-state index < -0.39 is 0 Å². The van der Waals surface area contributed by atoms with Crippen LogP contribution in [0.15, 0.2) is 0 Å². The van der Waals surface area contributed by atoms with Crippen molar-refractivity contribution in [2.45, 2.75) is 51.1 Å². The molecule has 1 saturated heterocycles. The van der Waals surface area contributed by atoms with E-state index in [1.54, 1.807) is 0 Å². The Bertz CT molecular complexity index is 236. The summed E-state index contributed by atoms with van der Waals surface area (Å²) in [5.74, 6) is 1.07. The maximum absolute atomic E-state index is 12.0. The largest absolute Gasteiger partial charge is 0.338 e. The summed E-state index contributed by atoms with van der Waals surface area (Å²) in [7, 11) is 1.88. The predicted octanol–water partition coefficient (Wildman–Crippen LogP) is 1.39. The van der Waals surface area contributed by atoms with Gasteiger partial charge in [-0.05, 0) is 39.2 Å². The summed E-state index contributed by atoms with van der Waals surface area (Å²) >= 11 is 0. The van der Waals surface area contributed by atoms with Gasteiger partial charge in [-0.2, -0.15) is 0 Å². The second kappa shape index (κ2) is 4.52. The standard InChI is InChI=1S/C12H22N2O/c1-9(10-5-3-4-6-10)14-8-7-11(13-2)12(14)15/h9-11,13H,3-8H2,1-2H3. The lowest BCUT2D eigenvalue weighted by Crippen LogP contribution is -2.43. The molecule has 15 heavy (non-hydrogen) atoms. The Balaban J connectivity index is 1.95. The average molecular weight is 210 g/mol. The smallest absolute Gasteiger partial charge is 0.240 e. The van der Waals surface area contributed by atoms with Gasteiger partial charge in [-0.3, -0.25) is 4.79 Å². The number of nitrogens with zero attached hydrogens (tertiary/aromatic N) is 1. The van der Waals surface area contributed by atoms with Crippen molar-refractivity contribution < 1.29 is 4.79 Å². The third kappa shape index (κ3) is 2.03. The lowest BCUT2D eigenvalue weighted by molar-refractivity contribution is -0.131. The maximum Gasteiger partial charge on any atom is 0.240 e. The number of likely N-dealkylation sites (tertiary alicyclic amines) is 1. The van der Waals surface area contributed by atoms with Crippen molar-refractivity contribution in [3.8, 4) is 0 Å².